The minimum absolute atomic E-state index is 0.0760. The highest BCUT2D eigenvalue weighted by atomic mass is 19.1. The average Bonchev–Trinajstić information content (AvgIpc) is 2.95. The second-order valence-corrected chi connectivity index (χ2v) is 4.63. The summed E-state index contributed by atoms with van der Waals surface area (Å²) >= 11 is 0. The molecule has 0 aliphatic heterocycles. The van der Waals surface area contributed by atoms with Crippen LogP contribution in [0.5, 0.6) is 11.5 Å². The molecule has 0 radical (unpaired) electrons. The summed E-state index contributed by atoms with van der Waals surface area (Å²) in [7, 11) is 1.43. The van der Waals surface area contributed by atoms with Gasteiger partial charge in [-0.05, 0) is 18.2 Å². The molecule has 0 saturated heterocycles. The summed E-state index contributed by atoms with van der Waals surface area (Å²) in [4.78, 5) is 18.2. The van der Waals surface area contributed by atoms with Gasteiger partial charge in [-0.1, -0.05) is 12.1 Å². The Bertz CT molecular complexity index is 796. The van der Waals surface area contributed by atoms with Gasteiger partial charge >= 0.3 is 0 Å². The number of fused-ring (bicyclic) bond motifs is 1. The number of halogens is 1. The standard InChI is InChI=1S/C16H13FN2O3/c1-21-14-6-10(8-20)11(17)7-15(14)22-9-16-18-12-4-2-3-5-13(12)19-16/h2-8H,9H2,1H3,(H,18,19). The summed E-state index contributed by atoms with van der Waals surface area (Å²) < 4.78 is 24.3. The molecule has 22 heavy (non-hydrogen) atoms. The van der Waals surface area contributed by atoms with Gasteiger partial charge in [0.1, 0.15) is 18.2 Å². The Morgan fingerprint density at radius 1 is 1.27 bits per heavy atom. The molecule has 0 unspecified atom stereocenters. The highest BCUT2D eigenvalue weighted by Gasteiger charge is 2.12. The lowest BCUT2D eigenvalue weighted by molar-refractivity contribution is 0.111. The van der Waals surface area contributed by atoms with Gasteiger partial charge in [0.25, 0.3) is 0 Å². The first-order valence-electron chi connectivity index (χ1n) is 6.60. The first-order valence-corrected chi connectivity index (χ1v) is 6.60. The zero-order valence-electron chi connectivity index (χ0n) is 11.8. The second kappa shape index (κ2) is 5.85. The van der Waals surface area contributed by atoms with Crippen LogP contribution < -0.4 is 9.47 Å². The van der Waals surface area contributed by atoms with Crippen LogP contribution in [0.2, 0.25) is 0 Å². The van der Waals surface area contributed by atoms with Gasteiger partial charge in [0, 0.05) is 6.07 Å². The van der Waals surface area contributed by atoms with Crippen LogP contribution in [0.1, 0.15) is 16.2 Å². The molecule has 0 saturated carbocycles. The van der Waals surface area contributed by atoms with Crippen molar-refractivity contribution >= 4 is 17.3 Å². The molecule has 3 rings (SSSR count). The van der Waals surface area contributed by atoms with Gasteiger partial charge in [-0.15, -0.1) is 0 Å². The smallest absolute Gasteiger partial charge is 0.164 e. The van der Waals surface area contributed by atoms with E-state index in [4.69, 9.17) is 9.47 Å². The number of hydrogen-bond donors (Lipinski definition) is 1. The number of aromatic amines is 1. The summed E-state index contributed by atoms with van der Waals surface area (Å²) in [6.07, 6.45) is 0.431. The molecule has 5 nitrogen and oxygen atoms in total. The topological polar surface area (TPSA) is 64.2 Å². The van der Waals surface area contributed by atoms with Crippen molar-refractivity contribution in [3.8, 4) is 11.5 Å². The molecular formula is C16H13FN2O3. The fourth-order valence-electron chi connectivity index (χ4n) is 2.13. The van der Waals surface area contributed by atoms with Crippen LogP contribution in [0.25, 0.3) is 11.0 Å². The van der Waals surface area contributed by atoms with Crippen LogP contribution in [0.3, 0.4) is 0 Å². The van der Waals surface area contributed by atoms with E-state index in [1.165, 1.54) is 13.2 Å². The fourth-order valence-corrected chi connectivity index (χ4v) is 2.13. The van der Waals surface area contributed by atoms with Gasteiger partial charge in [0.2, 0.25) is 0 Å². The highest BCUT2D eigenvalue weighted by Crippen LogP contribution is 2.30. The third-order valence-electron chi connectivity index (χ3n) is 3.21. The number of hydrogen-bond acceptors (Lipinski definition) is 4. The van der Waals surface area contributed by atoms with E-state index < -0.39 is 5.82 Å². The average molecular weight is 300 g/mol. The number of nitrogens with one attached hydrogen (secondary N) is 1. The Morgan fingerprint density at radius 3 is 2.82 bits per heavy atom. The number of H-pyrrole nitrogens is 1. The van der Waals surface area contributed by atoms with E-state index in [9.17, 15) is 9.18 Å². The first-order chi connectivity index (χ1) is 10.7. The molecule has 0 atom stereocenters. The summed E-state index contributed by atoms with van der Waals surface area (Å²) in [5, 5.41) is 0. The van der Waals surface area contributed by atoms with Crippen molar-refractivity contribution in [2.75, 3.05) is 7.11 Å². The number of benzene rings is 2. The van der Waals surface area contributed by atoms with Crippen molar-refractivity contribution < 1.29 is 18.7 Å². The minimum Gasteiger partial charge on any atom is -0.493 e. The second-order valence-electron chi connectivity index (χ2n) is 4.63. The molecule has 0 aliphatic carbocycles. The van der Waals surface area contributed by atoms with E-state index in [0.717, 1.165) is 17.1 Å². The quantitative estimate of drug-likeness (QED) is 0.735. The normalized spacial score (nSPS) is 10.6. The zero-order chi connectivity index (χ0) is 15.5. The van der Waals surface area contributed by atoms with Gasteiger partial charge in [0.05, 0.1) is 23.7 Å². The predicted octanol–water partition coefficient (Wildman–Crippen LogP) is 3.10. The molecule has 0 aliphatic rings. The number of para-hydroxylation sites is 2. The maximum absolute atomic E-state index is 13.7. The Kier molecular flexibility index (Phi) is 3.74. The lowest BCUT2D eigenvalue weighted by Gasteiger charge is -2.10. The lowest BCUT2D eigenvalue weighted by atomic mass is 10.2. The Balaban J connectivity index is 1.83. The molecule has 3 aromatic rings. The molecule has 2 aromatic carbocycles. The minimum atomic E-state index is -0.657. The molecule has 112 valence electrons. The van der Waals surface area contributed by atoms with Gasteiger partial charge in [-0.25, -0.2) is 9.37 Å². The Morgan fingerprint density at radius 2 is 2.09 bits per heavy atom. The number of carbonyl (C=O) groups excluding carboxylic acids is 1. The first kappa shape index (κ1) is 14.1. The molecule has 0 amide bonds. The van der Waals surface area contributed by atoms with Gasteiger partial charge in [-0.3, -0.25) is 4.79 Å². The number of methoxy groups -OCH3 is 1. The zero-order valence-corrected chi connectivity index (χ0v) is 11.8. The van der Waals surface area contributed by atoms with E-state index in [-0.39, 0.29) is 17.9 Å². The summed E-state index contributed by atoms with van der Waals surface area (Å²) in [5.74, 6) is 0.462. The number of carbonyl (C=O) groups is 1. The third kappa shape index (κ3) is 2.63. The fraction of sp³-hybridized carbons (Fsp3) is 0.125. The van der Waals surface area contributed by atoms with Crippen molar-refractivity contribution in [2.24, 2.45) is 0 Å². The summed E-state index contributed by atoms with van der Waals surface area (Å²) in [6, 6.07) is 10.0. The van der Waals surface area contributed by atoms with Gasteiger partial charge in [0.15, 0.2) is 17.8 Å². The molecule has 1 N–H and O–H groups in total. The van der Waals surface area contributed by atoms with E-state index >= 15 is 0 Å². The molecule has 6 heteroatoms. The van der Waals surface area contributed by atoms with Crippen molar-refractivity contribution in [2.45, 2.75) is 6.61 Å². The van der Waals surface area contributed by atoms with Crippen molar-refractivity contribution in [1.29, 1.82) is 0 Å². The van der Waals surface area contributed by atoms with Crippen LogP contribution >= 0.6 is 0 Å². The molecule has 1 heterocycles. The third-order valence-corrected chi connectivity index (χ3v) is 3.21. The number of aldehydes is 1. The van der Waals surface area contributed by atoms with Crippen LogP contribution in [0.15, 0.2) is 36.4 Å². The Hall–Kier alpha value is -2.89. The van der Waals surface area contributed by atoms with E-state index in [1.807, 2.05) is 24.3 Å². The van der Waals surface area contributed by atoms with Crippen LogP contribution in [0, 0.1) is 5.82 Å². The van der Waals surface area contributed by atoms with Gasteiger partial charge in [-0.2, -0.15) is 0 Å². The maximum Gasteiger partial charge on any atom is 0.164 e. The molecule has 0 spiro atoms. The largest absolute Gasteiger partial charge is 0.493 e. The SMILES string of the molecule is COc1cc(C=O)c(F)cc1OCc1nc2ccccc2[nH]1. The van der Waals surface area contributed by atoms with E-state index in [1.54, 1.807) is 0 Å². The Labute approximate surface area is 125 Å². The number of aromatic nitrogens is 2. The van der Waals surface area contributed by atoms with Crippen molar-refractivity contribution in [3.05, 3.63) is 53.6 Å². The maximum atomic E-state index is 13.7. The number of ether oxygens (including phenoxy) is 2. The monoisotopic (exact) mass is 300 g/mol. The van der Waals surface area contributed by atoms with Crippen LogP contribution in [-0.2, 0) is 6.61 Å². The number of rotatable bonds is 5. The molecule has 0 fully saturated rings. The lowest BCUT2D eigenvalue weighted by Crippen LogP contribution is -2.01. The van der Waals surface area contributed by atoms with Crippen molar-refractivity contribution in [3.63, 3.8) is 0 Å². The van der Waals surface area contributed by atoms with Crippen LogP contribution in [0.4, 0.5) is 4.39 Å². The number of imidazole rings is 1. The number of nitrogens with zero attached hydrogens (tertiary/aromatic N) is 1. The molecular weight excluding hydrogens is 287 g/mol. The molecule has 1 aromatic heterocycles. The van der Waals surface area contributed by atoms with Crippen LogP contribution in [-0.4, -0.2) is 23.4 Å². The summed E-state index contributed by atoms with van der Waals surface area (Å²) in [6.45, 7) is 0.130. The highest BCUT2D eigenvalue weighted by molar-refractivity contribution is 5.77. The predicted molar refractivity (Wildman–Crippen MR) is 78.8 cm³/mol. The van der Waals surface area contributed by atoms with E-state index in [2.05, 4.69) is 9.97 Å². The summed E-state index contributed by atoms with van der Waals surface area (Å²) in [5.41, 5.74) is 1.65. The molecule has 0 bridgehead atoms. The van der Waals surface area contributed by atoms with E-state index in [0.29, 0.717) is 17.9 Å². The van der Waals surface area contributed by atoms with Gasteiger partial charge < -0.3 is 14.5 Å². The van der Waals surface area contributed by atoms with Crippen molar-refractivity contribution in [1.82, 2.24) is 9.97 Å².